The first kappa shape index (κ1) is 10.2. The summed E-state index contributed by atoms with van der Waals surface area (Å²) in [6.07, 6.45) is 3.24. The Morgan fingerprint density at radius 1 is 1.45 bits per heavy atom. The summed E-state index contributed by atoms with van der Waals surface area (Å²) in [5, 5.41) is 5.84. The quantitative estimate of drug-likeness (QED) is 0.443. The van der Waals surface area contributed by atoms with E-state index in [4.69, 9.17) is 0 Å². The van der Waals surface area contributed by atoms with Crippen molar-refractivity contribution >= 4 is 5.91 Å². The van der Waals surface area contributed by atoms with Crippen molar-refractivity contribution in [2.24, 2.45) is 0 Å². The van der Waals surface area contributed by atoms with E-state index in [0.717, 1.165) is 13.1 Å². The first-order chi connectivity index (χ1) is 5.31. The Balaban J connectivity index is 3.17. The Morgan fingerprint density at radius 2 is 2.18 bits per heavy atom. The number of carbonyl (C=O) groups excluding carboxylic acids is 1. The van der Waals surface area contributed by atoms with Crippen LogP contribution in [0.5, 0.6) is 0 Å². The Labute approximate surface area is 67.9 Å². The molecule has 0 saturated heterocycles. The van der Waals surface area contributed by atoms with E-state index < -0.39 is 0 Å². The monoisotopic (exact) mass is 156 g/mol. The molecular formula is C8H16N2O. The molecule has 3 heteroatoms. The van der Waals surface area contributed by atoms with E-state index in [1.54, 1.807) is 6.08 Å². The smallest absolute Gasteiger partial charge is 0.243 e. The van der Waals surface area contributed by atoms with E-state index in [9.17, 15) is 4.79 Å². The van der Waals surface area contributed by atoms with E-state index >= 15 is 0 Å². The molecule has 3 nitrogen and oxygen atoms in total. The molecule has 0 fully saturated rings. The van der Waals surface area contributed by atoms with Gasteiger partial charge in [0.05, 0.1) is 0 Å². The van der Waals surface area contributed by atoms with Crippen LogP contribution in [0.15, 0.2) is 12.2 Å². The Morgan fingerprint density at radius 3 is 2.73 bits per heavy atom. The van der Waals surface area contributed by atoms with Crippen molar-refractivity contribution in [1.82, 2.24) is 10.6 Å². The summed E-state index contributed by atoms with van der Waals surface area (Å²) in [6, 6.07) is 0. The summed E-state index contributed by atoms with van der Waals surface area (Å²) in [5.41, 5.74) is 0. The number of hydrogen-bond acceptors (Lipinski definition) is 2. The highest BCUT2D eigenvalue weighted by Gasteiger charge is 1.90. The second kappa shape index (κ2) is 7.28. The maximum absolute atomic E-state index is 10.8. The topological polar surface area (TPSA) is 41.1 Å². The molecule has 1 amide bonds. The third-order valence-electron chi connectivity index (χ3n) is 1.17. The zero-order chi connectivity index (χ0) is 8.53. The standard InChI is InChI=1S/C8H16N2O/c1-3-5-8(11)10-7-6-9-4-2/h3,5,9H,4,6-7H2,1-2H3,(H,10,11). The number of likely N-dealkylation sites (N-methyl/N-ethyl adjacent to an activating group) is 1. The number of amides is 1. The fraction of sp³-hybridized carbons (Fsp3) is 0.625. The molecule has 0 radical (unpaired) electrons. The number of rotatable bonds is 5. The molecule has 0 unspecified atom stereocenters. The molecule has 11 heavy (non-hydrogen) atoms. The fourth-order valence-corrected chi connectivity index (χ4v) is 0.661. The van der Waals surface area contributed by atoms with Gasteiger partial charge in [0, 0.05) is 13.1 Å². The summed E-state index contributed by atoms with van der Waals surface area (Å²) in [4.78, 5) is 10.8. The minimum atomic E-state index is -0.0228. The van der Waals surface area contributed by atoms with Crippen molar-refractivity contribution in [2.45, 2.75) is 13.8 Å². The molecule has 0 aromatic heterocycles. The minimum absolute atomic E-state index is 0.0228. The first-order valence-electron chi connectivity index (χ1n) is 3.92. The predicted molar refractivity (Wildman–Crippen MR) is 46.4 cm³/mol. The molecule has 0 aromatic rings. The molecule has 0 bridgehead atoms. The lowest BCUT2D eigenvalue weighted by atomic mass is 10.5. The van der Waals surface area contributed by atoms with Gasteiger partial charge in [0.25, 0.3) is 0 Å². The number of allylic oxidation sites excluding steroid dienone is 1. The van der Waals surface area contributed by atoms with Crippen molar-refractivity contribution in [2.75, 3.05) is 19.6 Å². The van der Waals surface area contributed by atoms with Crippen molar-refractivity contribution in [1.29, 1.82) is 0 Å². The van der Waals surface area contributed by atoms with Crippen LogP contribution in [0.25, 0.3) is 0 Å². The van der Waals surface area contributed by atoms with E-state index in [-0.39, 0.29) is 5.91 Å². The van der Waals surface area contributed by atoms with E-state index in [0.29, 0.717) is 6.54 Å². The molecule has 0 rings (SSSR count). The van der Waals surface area contributed by atoms with Gasteiger partial charge in [0.1, 0.15) is 0 Å². The molecule has 0 aliphatic heterocycles. The van der Waals surface area contributed by atoms with Gasteiger partial charge in [-0.2, -0.15) is 0 Å². The molecule has 64 valence electrons. The van der Waals surface area contributed by atoms with Crippen LogP contribution in [0.4, 0.5) is 0 Å². The van der Waals surface area contributed by atoms with Crippen LogP contribution in [-0.2, 0) is 4.79 Å². The molecule has 0 aliphatic rings. The lowest BCUT2D eigenvalue weighted by molar-refractivity contribution is -0.116. The summed E-state index contributed by atoms with van der Waals surface area (Å²) < 4.78 is 0. The van der Waals surface area contributed by atoms with Gasteiger partial charge in [-0.05, 0) is 19.5 Å². The Hall–Kier alpha value is -0.830. The minimum Gasteiger partial charge on any atom is -0.351 e. The molecule has 0 heterocycles. The Bertz CT molecular complexity index is 132. The second-order valence-electron chi connectivity index (χ2n) is 2.14. The van der Waals surface area contributed by atoms with Gasteiger partial charge < -0.3 is 10.6 Å². The van der Waals surface area contributed by atoms with Crippen LogP contribution in [-0.4, -0.2) is 25.5 Å². The van der Waals surface area contributed by atoms with Crippen molar-refractivity contribution < 1.29 is 4.79 Å². The Kier molecular flexibility index (Phi) is 6.73. The van der Waals surface area contributed by atoms with Crippen molar-refractivity contribution in [3.8, 4) is 0 Å². The summed E-state index contributed by atoms with van der Waals surface area (Å²) >= 11 is 0. The van der Waals surface area contributed by atoms with E-state index in [2.05, 4.69) is 10.6 Å². The number of nitrogens with one attached hydrogen (secondary N) is 2. The third-order valence-corrected chi connectivity index (χ3v) is 1.17. The van der Waals surface area contributed by atoms with Crippen molar-refractivity contribution in [3.63, 3.8) is 0 Å². The average Bonchev–Trinajstić information content (AvgIpc) is 1.99. The average molecular weight is 156 g/mol. The fourth-order valence-electron chi connectivity index (χ4n) is 0.661. The van der Waals surface area contributed by atoms with Gasteiger partial charge in [-0.25, -0.2) is 0 Å². The largest absolute Gasteiger partial charge is 0.351 e. The van der Waals surface area contributed by atoms with Gasteiger partial charge in [-0.1, -0.05) is 13.0 Å². The number of carbonyl (C=O) groups is 1. The van der Waals surface area contributed by atoms with Gasteiger partial charge in [-0.3, -0.25) is 4.79 Å². The summed E-state index contributed by atoms with van der Waals surface area (Å²) in [7, 11) is 0. The maximum atomic E-state index is 10.8. The zero-order valence-corrected chi connectivity index (χ0v) is 7.18. The second-order valence-corrected chi connectivity index (χ2v) is 2.14. The maximum Gasteiger partial charge on any atom is 0.243 e. The summed E-state index contributed by atoms with van der Waals surface area (Å²) in [6.45, 7) is 6.33. The molecule has 0 saturated carbocycles. The van der Waals surface area contributed by atoms with Gasteiger partial charge in [0.15, 0.2) is 0 Å². The third kappa shape index (κ3) is 7.06. The molecule has 0 atom stereocenters. The lowest BCUT2D eigenvalue weighted by Crippen LogP contribution is -2.30. The molecular weight excluding hydrogens is 140 g/mol. The summed E-state index contributed by atoms with van der Waals surface area (Å²) in [5.74, 6) is -0.0228. The highest BCUT2D eigenvalue weighted by molar-refractivity contribution is 5.87. The highest BCUT2D eigenvalue weighted by Crippen LogP contribution is 1.70. The van der Waals surface area contributed by atoms with Gasteiger partial charge in [-0.15, -0.1) is 0 Å². The SMILES string of the molecule is CC=CC(=O)NCCNCC. The van der Waals surface area contributed by atoms with Gasteiger partial charge >= 0.3 is 0 Å². The molecule has 2 N–H and O–H groups in total. The van der Waals surface area contributed by atoms with E-state index in [1.165, 1.54) is 6.08 Å². The van der Waals surface area contributed by atoms with Crippen LogP contribution < -0.4 is 10.6 Å². The van der Waals surface area contributed by atoms with Crippen LogP contribution >= 0.6 is 0 Å². The lowest BCUT2D eigenvalue weighted by Gasteiger charge is -2.01. The van der Waals surface area contributed by atoms with E-state index in [1.807, 2.05) is 13.8 Å². The highest BCUT2D eigenvalue weighted by atomic mass is 16.1. The van der Waals surface area contributed by atoms with Crippen LogP contribution in [0, 0.1) is 0 Å². The molecule has 0 aliphatic carbocycles. The van der Waals surface area contributed by atoms with Crippen LogP contribution in [0.1, 0.15) is 13.8 Å². The predicted octanol–water partition coefficient (Wildman–Crippen LogP) is 0.288. The number of hydrogen-bond donors (Lipinski definition) is 2. The zero-order valence-electron chi connectivity index (χ0n) is 7.18. The first-order valence-corrected chi connectivity index (χ1v) is 3.92. The molecule has 0 aromatic carbocycles. The van der Waals surface area contributed by atoms with Gasteiger partial charge in [0.2, 0.25) is 5.91 Å². The van der Waals surface area contributed by atoms with Crippen LogP contribution in [0.2, 0.25) is 0 Å². The van der Waals surface area contributed by atoms with Crippen molar-refractivity contribution in [3.05, 3.63) is 12.2 Å². The molecule has 0 spiro atoms. The normalized spacial score (nSPS) is 10.4. The van der Waals surface area contributed by atoms with Crippen LogP contribution in [0.3, 0.4) is 0 Å².